The lowest BCUT2D eigenvalue weighted by molar-refractivity contribution is 0.0681. The molecule has 0 aliphatic carbocycles. The van der Waals surface area contributed by atoms with E-state index in [0.717, 1.165) is 0 Å². The Labute approximate surface area is 123 Å². The van der Waals surface area contributed by atoms with Crippen LogP contribution in [0.15, 0.2) is 54.6 Å². The molecule has 1 N–H and O–H groups in total. The molecule has 1 atom stereocenters. The number of aliphatic hydroxyl groups excluding tert-OH is 1. The fourth-order valence-electron chi connectivity index (χ4n) is 1.96. The number of hydrogen-bond donors (Lipinski definition) is 1. The lowest BCUT2D eigenvalue weighted by Crippen LogP contribution is -2.24. The Bertz CT molecular complexity index is 617. The first-order chi connectivity index (χ1) is 10.1. The van der Waals surface area contributed by atoms with Crippen LogP contribution < -0.4 is 4.74 Å². The summed E-state index contributed by atoms with van der Waals surface area (Å²) in [7, 11) is 1.53. The van der Waals surface area contributed by atoms with Gasteiger partial charge in [-0.15, -0.1) is 0 Å². The van der Waals surface area contributed by atoms with Crippen molar-refractivity contribution in [2.75, 3.05) is 7.11 Å². The minimum Gasteiger partial charge on any atom is -0.497 e. The van der Waals surface area contributed by atoms with Gasteiger partial charge in [-0.25, -0.2) is 0 Å². The van der Waals surface area contributed by atoms with Crippen molar-refractivity contribution in [2.24, 2.45) is 0 Å². The predicted molar refractivity (Wildman–Crippen MR) is 78.7 cm³/mol. The number of hydrogen-bond acceptors (Lipinski definition) is 4. The summed E-state index contributed by atoms with van der Waals surface area (Å²) in [6.07, 6.45) is -1.57. The van der Waals surface area contributed by atoms with Crippen LogP contribution in [0, 0.1) is 0 Å². The third-order valence-electron chi connectivity index (χ3n) is 3.15. The Morgan fingerprint density at radius 2 is 1.62 bits per heavy atom. The number of carbonyl (C=O) groups excluding carboxylic acids is 2. The fraction of sp³-hybridized carbons (Fsp3) is 0.176. The molecule has 4 nitrogen and oxygen atoms in total. The topological polar surface area (TPSA) is 63.6 Å². The molecule has 108 valence electrons. The van der Waals surface area contributed by atoms with Gasteiger partial charge in [-0.3, -0.25) is 9.59 Å². The highest BCUT2D eigenvalue weighted by Crippen LogP contribution is 2.15. The van der Waals surface area contributed by atoms with Gasteiger partial charge in [0.05, 0.1) is 7.11 Å². The number of methoxy groups -OCH3 is 1. The molecule has 21 heavy (non-hydrogen) atoms. The van der Waals surface area contributed by atoms with E-state index in [4.69, 9.17) is 4.74 Å². The zero-order valence-corrected chi connectivity index (χ0v) is 11.7. The van der Waals surface area contributed by atoms with Crippen molar-refractivity contribution in [1.82, 2.24) is 0 Å². The number of carbonyl (C=O) groups is 2. The molecule has 0 fully saturated rings. The summed E-state index contributed by atoms with van der Waals surface area (Å²) in [5.41, 5.74) is 0.836. The number of ether oxygens (including phenoxy) is 1. The molecule has 0 unspecified atom stereocenters. The molecular weight excluding hydrogens is 268 g/mol. The monoisotopic (exact) mass is 284 g/mol. The van der Waals surface area contributed by atoms with Crippen molar-refractivity contribution in [2.45, 2.75) is 12.5 Å². The first-order valence-corrected chi connectivity index (χ1v) is 6.56. The van der Waals surface area contributed by atoms with Crippen molar-refractivity contribution in [3.8, 4) is 5.75 Å². The smallest absolute Gasteiger partial charge is 0.191 e. The number of ketones is 2. The van der Waals surface area contributed by atoms with Gasteiger partial charge in [0.2, 0.25) is 0 Å². The maximum Gasteiger partial charge on any atom is 0.191 e. The Morgan fingerprint density at radius 3 is 2.19 bits per heavy atom. The molecule has 4 heteroatoms. The van der Waals surface area contributed by atoms with Crippen LogP contribution in [0.1, 0.15) is 27.1 Å². The fourth-order valence-corrected chi connectivity index (χ4v) is 1.96. The van der Waals surface area contributed by atoms with Gasteiger partial charge in [-0.05, 0) is 24.3 Å². The molecule has 0 aliphatic heterocycles. The third-order valence-corrected chi connectivity index (χ3v) is 3.15. The molecule has 0 aliphatic rings. The van der Waals surface area contributed by atoms with Crippen LogP contribution in [0.2, 0.25) is 0 Å². The molecule has 0 amide bonds. The van der Waals surface area contributed by atoms with Gasteiger partial charge in [-0.1, -0.05) is 30.3 Å². The Hall–Kier alpha value is -2.46. The summed E-state index contributed by atoms with van der Waals surface area (Å²) < 4.78 is 5.00. The highest BCUT2D eigenvalue weighted by atomic mass is 16.5. The standard InChI is InChI=1S/C17H16O4/c1-21-14-9-7-13(8-10-14)17(20)16(19)11-15(18)12-5-3-2-4-6-12/h2-10,16,19H,11H2,1H3/t16-/m0/s1. The summed E-state index contributed by atoms with van der Waals surface area (Å²) in [5.74, 6) is -0.103. The molecule has 0 saturated heterocycles. The van der Waals surface area contributed by atoms with E-state index in [2.05, 4.69) is 0 Å². The zero-order chi connectivity index (χ0) is 15.2. The normalized spacial score (nSPS) is 11.7. The van der Waals surface area contributed by atoms with E-state index in [1.54, 1.807) is 54.6 Å². The van der Waals surface area contributed by atoms with Crippen LogP contribution in [0.5, 0.6) is 5.75 Å². The quantitative estimate of drug-likeness (QED) is 0.828. The summed E-state index contributed by atoms with van der Waals surface area (Å²) >= 11 is 0. The van der Waals surface area contributed by atoms with Gasteiger partial charge < -0.3 is 9.84 Å². The molecular formula is C17H16O4. The summed E-state index contributed by atoms with van der Waals surface area (Å²) in [6, 6.07) is 15.0. The van der Waals surface area contributed by atoms with E-state index in [0.29, 0.717) is 16.9 Å². The van der Waals surface area contributed by atoms with Crippen molar-refractivity contribution in [3.05, 3.63) is 65.7 Å². The van der Waals surface area contributed by atoms with Crippen molar-refractivity contribution < 1.29 is 19.4 Å². The van der Waals surface area contributed by atoms with Crippen LogP contribution in [0.4, 0.5) is 0 Å². The number of rotatable bonds is 6. The molecule has 0 bridgehead atoms. The van der Waals surface area contributed by atoms with E-state index >= 15 is 0 Å². The zero-order valence-electron chi connectivity index (χ0n) is 11.7. The maximum absolute atomic E-state index is 12.1. The number of aliphatic hydroxyl groups is 1. The second-order valence-corrected chi connectivity index (χ2v) is 4.60. The van der Waals surface area contributed by atoms with Crippen molar-refractivity contribution >= 4 is 11.6 Å². The minimum atomic E-state index is -1.34. The molecule has 0 radical (unpaired) electrons. The average molecular weight is 284 g/mol. The van der Waals surface area contributed by atoms with Crippen LogP contribution in [0.3, 0.4) is 0 Å². The minimum absolute atomic E-state index is 0.227. The predicted octanol–water partition coefficient (Wildman–Crippen LogP) is 2.51. The molecule has 0 heterocycles. The largest absolute Gasteiger partial charge is 0.497 e. The summed E-state index contributed by atoms with van der Waals surface area (Å²) in [4.78, 5) is 24.0. The SMILES string of the molecule is COc1ccc(C(=O)[C@@H](O)CC(=O)c2ccccc2)cc1. The second kappa shape index (κ2) is 6.81. The molecule has 0 aromatic heterocycles. The van der Waals surface area contributed by atoms with E-state index in [-0.39, 0.29) is 12.2 Å². The lowest BCUT2D eigenvalue weighted by atomic mass is 9.99. The van der Waals surface area contributed by atoms with Crippen molar-refractivity contribution in [1.29, 1.82) is 0 Å². The van der Waals surface area contributed by atoms with Crippen LogP contribution in [0.25, 0.3) is 0 Å². The van der Waals surface area contributed by atoms with E-state index in [1.807, 2.05) is 0 Å². The van der Waals surface area contributed by atoms with Gasteiger partial charge in [0.25, 0.3) is 0 Å². The Balaban J connectivity index is 2.03. The highest BCUT2D eigenvalue weighted by molar-refractivity contribution is 6.04. The van der Waals surface area contributed by atoms with Gasteiger partial charge in [0.15, 0.2) is 11.6 Å². The molecule has 2 aromatic rings. The van der Waals surface area contributed by atoms with Crippen LogP contribution >= 0.6 is 0 Å². The molecule has 0 saturated carbocycles. The van der Waals surface area contributed by atoms with Gasteiger partial charge in [0.1, 0.15) is 11.9 Å². The van der Waals surface area contributed by atoms with Gasteiger partial charge in [-0.2, -0.15) is 0 Å². The molecule has 0 spiro atoms. The number of benzene rings is 2. The number of Topliss-reactive ketones (excluding diaryl/α,β-unsaturated/α-hetero) is 2. The van der Waals surface area contributed by atoms with E-state index in [1.165, 1.54) is 7.11 Å². The van der Waals surface area contributed by atoms with Crippen LogP contribution in [-0.2, 0) is 0 Å². The van der Waals surface area contributed by atoms with Crippen LogP contribution in [-0.4, -0.2) is 29.9 Å². The average Bonchev–Trinajstić information content (AvgIpc) is 2.55. The maximum atomic E-state index is 12.1. The summed E-state index contributed by atoms with van der Waals surface area (Å²) in [6.45, 7) is 0. The third kappa shape index (κ3) is 3.77. The first kappa shape index (κ1) is 14.9. The molecule has 2 rings (SSSR count). The van der Waals surface area contributed by atoms with Gasteiger partial charge >= 0.3 is 0 Å². The highest BCUT2D eigenvalue weighted by Gasteiger charge is 2.21. The Morgan fingerprint density at radius 1 is 1.00 bits per heavy atom. The van der Waals surface area contributed by atoms with E-state index in [9.17, 15) is 14.7 Å². The second-order valence-electron chi connectivity index (χ2n) is 4.60. The Kier molecular flexibility index (Phi) is 4.85. The van der Waals surface area contributed by atoms with Crippen molar-refractivity contribution in [3.63, 3.8) is 0 Å². The molecule has 2 aromatic carbocycles. The van der Waals surface area contributed by atoms with E-state index < -0.39 is 11.9 Å². The summed E-state index contributed by atoms with van der Waals surface area (Å²) in [5, 5.41) is 9.93. The first-order valence-electron chi connectivity index (χ1n) is 6.56. The van der Waals surface area contributed by atoms with Gasteiger partial charge in [0, 0.05) is 17.5 Å². The lowest BCUT2D eigenvalue weighted by Gasteiger charge is -2.09.